The number of nitrogens with zero attached hydrogens (tertiary/aromatic N) is 3. The molecule has 2 heterocycles. The van der Waals surface area contributed by atoms with Crippen LogP contribution in [-0.4, -0.2) is 14.6 Å². The number of halogens is 1. The number of rotatable bonds is 3. The van der Waals surface area contributed by atoms with Crippen LogP contribution in [0.15, 0.2) is 53.1 Å². The van der Waals surface area contributed by atoms with E-state index in [4.69, 9.17) is 0 Å². The summed E-state index contributed by atoms with van der Waals surface area (Å²) in [5, 5.41) is 4.45. The summed E-state index contributed by atoms with van der Waals surface area (Å²) in [5.41, 5.74) is 2.20. The van der Waals surface area contributed by atoms with E-state index in [2.05, 4.69) is 50.3 Å². The number of benzene rings is 1. The second kappa shape index (κ2) is 4.90. The summed E-state index contributed by atoms with van der Waals surface area (Å²) in [7, 11) is 0. The molecule has 0 spiro atoms. The van der Waals surface area contributed by atoms with Gasteiger partial charge in [-0.25, -0.2) is 9.50 Å². The molecule has 0 amide bonds. The van der Waals surface area contributed by atoms with Gasteiger partial charge >= 0.3 is 0 Å². The van der Waals surface area contributed by atoms with Gasteiger partial charge in [-0.05, 0) is 24.1 Å². The van der Waals surface area contributed by atoms with Crippen LogP contribution in [0.1, 0.15) is 11.4 Å². The molecule has 1 aromatic carbocycles. The van der Waals surface area contributed by atoms with E-state index in [1.807, 2.05) is 28.9 Å². The molecule has 0 unspecified atom stereocenters. The zero-order valence-electron chi connectivity index (χ0n) is 9.75. The summed E-state index contributed by atoms with van der Waals surface area (Å²) in [6.45, 7) is 0. The average Bonchev–Trinajstić information content (AvgIpc) is 2.79. The van der Waals surface area contributed by atoms with Crippen molar-refractivity contribution >= 4 is 21.6 Å². The molecule has 0 atom stereocenters. The van der Waals surface area contributed by atoms with Crippen LogP contribution in [0.25, 0.3) is 5.65 Å². The van der Waals surface area contributed by atoms with Crippen LogP contribution in [-0.2, 0) is 12.8 Å². The van der Waals surface area contributed by atoms with E-state index in [9.17, 15) is 0 Å². The lowest BCUT2D eigenvalue weighted by molar-refractivity contribution is 0.836. The second-order valence-corrected chi connectivity index (χ2v) is 5.08. The van der Waals surface area contributed by atoms with E-state index in [1.54, 1.807) is 0 Å². The summed E-state index contributed by atoms with van der Waals surface area (Å²) < 4.78 is 2.84. The highest BCUT2D eigenvalue weighted by molar-refractivity contribution is 9.10. The molecule has 3 nitrogen and oxygen atoms in total. The predicted molar refractivity (Wildman–Crippen MR) is 74.5 cm³/mol. The smallest absolute Gasteiger partial charge is 0.156 e. The van der Waals surface area contributed by atoms with Gasteiger partial charge in [0.1, 0.15) is 0 Å². The van der Waals surface area contributed by atoms with Gasteiger partial charge in [-0.1, -0.05) is 46.3 Å². The molecule has 0 saturated carbocycles. The van der Waals surface area contributed by atoms with Gasteiger partial charge in [0.15, 0.2) is 11.5 Å². The minimum Gasteiger partial charge on any atom is -0.221 e. The first kappa shape index (κ1) is 11.4. The molecule has 3 aromatic rings. The fraction of sp³-hybridized carbons (Fsp3) is 0.143. The third-order valence-electron chi connectivity index (χ3n) is 2.82. The van der Waals surface area contributed by atoms with Crippen LogP contribution in [0.4, 0.5) is 0 Å². The molecule has 0 aliphatic carbocycles. The zero-order valence-corrected chi connectivity index (χ0v) is 11.3. The largest absolute Gasteiger partial charge is 0.221 e. The lowest BCUT2D eigenvalue weighted by Crippen LogP contribution is -1.94. The maximum absolute atomic E-state index is 4.51. The molecular formula is C14H12BrN3. The van der Waals surface area contributed by atoms with E-state index in [1.165, 1.54) is 5.56 Å². The van der Waals surface area contributed by atoms with Crippen LogP contribution < -0.4 is 0 Å². The van der Waals surface area contributed by atoms with E-state index in [0.29, 0.717) is 0 Å². The Balaban J connectivity index is 1.79. The topological polar surface area (TPSA) is 30.2 Å². The number of pyridine rings is 1. The maximum atomic E-state index is 4.51. The van der Waals surface area contributed by atoms with Crippen LogP contribution in [0, 0.1) is 0 Å². The standard InChI is InChI=1S/C14H12BrN3/c15-12-8-9-18-14(10-12)16-13(17-18)7-6-11-4-2-1-3-5-11/h1-5,8-10H,6-7H2. The summed E-state index contributed by atoms with van der Waals surface area (Å²) in [6.07, 6.45) is 3.75. The van der Waals surface area contributed by atoms with E-state index < -0.39 is 0 Å². The molecule has 18 heavy (non-hydrogen) atoms. The average molecular weight is 302 g/mol. The molecule has 0 N–H and O–H groups in total. The third kappa shape index (κ3) is 2.43. The summed E-state index contributed by atoms with van der Waals surface area (Å²) >= 11 is 3.44. The molecule has 0 radical (unpaired) electrons. The first-order chi connectivity index (χ1) is 8.81. The van der Waals surface area contributed by atoms with Gasteiger partial charge in [-0.2, -0.15) is 5.10 Å². The Bertz CT molecular complexity index is 661. The van der Waals surface area contributed by atoms with Gasteiger partial charge in [0.25, 0.3) is 0 Å². The molecule has 4 heteroatoms. The second-order valence-electron chi connectivity index (χ2n) is 4.16. The fourth-order valence-electron chi connectivity index (χ4n) is 1.91. The van der Waals surface area contributed by atoms with Crippen molar-refractivity contribution in [3.8, 4) is 0 Å². The third-order valence-corrected chi connectivity index (χ3v) is 3.32. The van der Waals surface area contributed by atoms with Gasteiger partial charge in [-0.3, -0.25) is 0 Å². The van der Waals surface area contributed by atoms with Crippen LogP contribution >= 0.6 is 15.9 Å². The minimum absolute atomic E-state index is 0.864. The Labute approximate surface area is 114 Å². The summed E-state index contributed by atoms with van der Waals surface area (Å²) in [5.74, 6) is 0.886. The quantitative estimate of drug-likeness (QED) is 0.743. The number of hydrogen-bond acceptors (Lipinski definition) is 2. The Morgan fingerprint density at radius 3 is 2.72 bits per heavy atom. The first-order valence-corrected chi connectivity index (χ1v) is 6.65. The lowest BCUT2D eigenvalue weighted by atomic mass is 10.1. The number of fused-ring (bicyclic) bond motifs is 1. The molecule has 90 valence electrons. The Hall–Kier alpha value is -1.68. The Morgan fingerprint density at radius 2 is 1.89 bits per heavy atom. The van der Waals surface area contributed by atoms with Crippen molar-refractivity contribution in [1.82, 2.24) is 14.6 Å². The normalized spacial score (nSPS) is 10.9. The highest BCUT2D eigenvalue weighted by Gasteiger charge is 2.04. The van der Waals surface area contributed by atoms with Crippen LogP contribution in [0.5, 0.6) is 0 Å². The van der Waals surface area contributed by atoms with Gasteiger partial charge in [0, 0.05) is 17.1 Å². The van der Waals surface area contributed by atoms with Crippen molar-refractivity contribution in [2.24, 2.45) is 0 Å². The van der Waals surface area contributed by atoms with E-state index in [-0.39, 0.29) is 0 Å². The number of aryl methyl sites for hydroxylation is 2. The molecule has 0 bridgehead atoms. The Morgan fingerprint density at radius 1 is 1.06 bits per heavy atom. The van der Waals surface area contributed by atoms with Crippen molar-refractivity contribution in [3.05, 3.63) is 64.5 Å². The predicted octanol–water partition coefficient (Wildman–Crippen LogP) is 3.28. The number of aromatic nitrogens is 3. The number of hydrogen-bond donors (Lipinski definition) is 0. The molecule has 0 saturated heterocycles. The van der Waals surface area contributed by atoms with Crippen LogP contribution in [0.2, 0.25) is 0 Å². The molecule has 0 aliphatic heterocycles. The van der Waals surface area contributed by atoms with E-state index >= 15 is 0 Å². The minimum atomic E-state index is 0.864. The van der Waals surface area contributed by atoms with E-state index in [0.717, 1.165) is 28.8 Å². The summed E-state index contributed by atoms with van der Waals surface area (Å²) in [4.78, 5) is 4.51. The van der Waals surface area contributed by atoms with Crippen molar-refractivity contribution in [1.29, 1.82) is 0 Å². The van der Waals surface area contributed by atoms with Crippen molar-refractivity contribution in [3.63, 3.8) is 0 Å². The fourth-order valence-corrected chi connectivity index (χ4v) is 2.23. The maximum Gasteiger partial charge on any atom is 0.156 e. The van der Waals surface area contributed by atoms with Gasteiger partial charge in [-0.15, -0.1) is 0 Å². The van der Waals surface area contributed by atoms with Gasteiger partial charge in [0.05, 0.1) is 0 Å². The summed E-state index contributed by atoms with van der Waals surface area (Å²) in [6, 6.07) is 14.3. The first-order valence-electron chi connectivity index (χ1n) is 5.86. The zero-order chi connectivity index (χ0) is 12.4. The van der Waals surface area contributed by atoms with Crippen molar-refractivity contribution < 1.29 is 0 Å². The van der Waals surface area contributed by atoms with Gasteiger partial charge in [0.2, 0.25) is 0 Å². The van der Waals surface area contributed by atoms with Crippen LogP contribution in [0.3, 0.4) is 0 Å². The Kier molecular flexibility index (Phi) is 3.11. The SMILES string of the molecule is Brc1ccn2nc(CCc3ccccc3)nc2c1. The molecule has 0 aliphatic rings. The monoisotopic (exact) mass is 301 g/mol. The lowest BCUT2D eigenvalue weighted by Gasteiger charge is -1.96. The molecule has 0 fully saturated rings. The highest BCUT2D eigenvalue weighted by atomic mass is 79.9. The molecular weight excluding hydrogens is 290 g/mol. The molecule has 3 rings (SSSR count). The van der Waals surface area contributed by atoms with Gasteiger partial charge < -0.3 is 0 Å². The van der Waals surface area contributed by atoms with Crippen molar-refractivity contribution in [2.75, 3.05) is 0 Å². The highest BCUT2D eigenvalue weighted by Crippen LogP contribution is 2.12. The molecule has 2 aromatic heterocycles. The van der Waals surface area contributed by atoms with Crippen molar-refractivity contribution in [2.45, 2.75) is 12.8 Å².